The lowest BCUT2D eigenvalue weighted by atomic mass is 10.2. The van der Waals surface area contributed by atoms with E-state index in [1.807, 2.05) is 25.2 Å². The van der Waals surface area contributed by atoms with Crippen molar-refractivity contribution in [2.24, 2.45) is 5.14 Å². The third kappa shape index (κ3) is 3.48. The highest BCUT2D eigenvalue weighted by molar-refractivity contribution is 7.89. The standard InChI is InChI=1S/C16H19N5O3S2/c1-9(2)14-19-20-16-21(14)10(3)13(25-16)15(22)18-8-11-4-6-12(7-5-11)26(17,23)24/h4-7,9H,8H2,1-3H3,(H,18,22)(H2,17,23,24). The number of carbonyl (C=O) groups excluding carboxylic acids is 1. The Morgan fingerprint density at radius 3 is 2.50 bits per heavy atom. The van der Waals surface area contributed by atoms with Crippen molar-refractivity contribution < 1.29 is 13.2 Å². The molecule has 1 aromatic carbocycles. The van der Waals surface area contributed by atoms with E-state index in [9.17, 15) is 13.2 Å². The van der Waals surface area contributed by atoms with Gasteiger partial charge in [-0.05, 0) is 24.6 Å². The zero-order valence-corrected chi connectivity index (χ0v) is 16.2. The molecule has 1 amide bonds. The summed E-state index contributed by atoms with van der Waals surface area (Å²) in [4.78, 5) is 13.8. The molecule has 0 atom stereocenters. The third-order valence-electron chi connectivity index (χ3n) is 3.94. The number of hydrogen-bond donors (Lipinski definition) is 2. The molecule has 3 rings (SSSR count). The first-order valence-corrected chi connectivity index (χ1v) is 10.3. The van der Waals surface area contributed by atoms with Gasteiger partial charge in [0.15, 0.2) is 0 Å². The molecule has 3 aromatic rings. The number of primary sulfonamides is 1. The summed E-state index contributed by atoms with van der Waals surface area (Å²) in [5, 5.41) is 16.2. The Balaban J connectivity index is 1.76. The first-order chi connectivity index (χ1) is 12.2. The minimum absolute atomic E-state index is 0.0385. The predicted octanol–water partition coefficient (Wildman–Crippen LogP) is 1.80. The number of aryl methyl sites for hydroxylation is 1. The Bertz CT molecular complexity index is 1070. The molecule has 0 aliphatic heterocycles. The number of sulfonamides is 1. The minimum Gasteiger partial charge on any atom is -0.347 e. The Morgan fingerprint density at radius 2 is 1.92 bits per heavy atom. The Kier molecular flexibility index (Phi) is 4.82. The molecular formula is C16H19N5O3S2. The quantitative estimate of drug-likeness (QED) is 0.685. The number of fused-ring (bicyclic) bond motifs is 1. The number of amides is 1. The van der Waals surface area contributed by atoms with Crippen molar-refractivity contribution in [3.05, 3.63) is 46.2 Å². The number of nitrogens with zero attached hydrogens (tertiary/aromatic N) is 3. The fourth-order valence-electron chi connectivity index (χ4n) is 2.57. The lowest BCUT2D eigenvalue weighted by Crippen LogP contribution is -2.23. The van der Waals surface area contributed by atoms with Crippen LogP contribution in [0.2, 0.25) is 0 Å². The van der Waals surface area contributed by atoms with E-state index in [1.54, 1.807) is 12.1 Å². The highest BCUT2D eigenvalue weighted by atomic mass is 32.2. The van der Waals surface area contributed by atoms with E-state index in [1.165, 1.54) is 23.5 Å². The maximum atomic E-state index is 12.5. The maximum absolute atomic E-state index is 12.5. The van der Waals surface area contributed by atoms with Gasteiger partial charge in [0.2, 0.25) is 15.0 Å². The van der Waals surface area contributed by atoms with E-state index in [2.05, 4.69) is 15.5 Å². The fraction of sp³-hybridized carbons (Fsp3) is 0.312. The summed E-state index contributed by atoms with van der Waals surface area (Å²) in [6.45, 7) is 6.20. The number of nitrogens with two attached hydrogens (primary N) is 1. The van der Waals surface area contributed by atoms with Crippen LogP contribution < -0.4 is 10.5 Å². The fourth-order valence-corrected chi connectivity index (χ4v) is 4.08. The third-order valence-corrected chi connectivity index (χ3v) is 6.00. The first kappa shape index (κ1) is 18.5. The zero-order chi connectivity index (χ0) is 19.1. The van der Waals surface area contributed by atoms with Crippen LogP contribution in [-0.4, -0.2) is 28.9 Å². The molecule has 8 nitrogen and oxygen atoms in total. The smallest absolute Gasteiger partial charge is 0.263 e. The van der Waals surface area contributed by atoms with Gasteiger partial charge in [-0.25, -0.2) is 13.6 Å². The van der Waals surface area contributed by atoms with Crippen LogP contribution >= 0.6 is 11.3 Å². The van der Waals surface area contributed by atoms with Gasteiger partial charge in [-0.15, -0.1) is 10.2 Å². The van der Waals surface area contributed by atoms with E-state index < -0.39 is 10.0 Å². The maximum Gasteiger partial charge on any atom is 0.263 e. The van der Waals surface area contributed by atoms with Crippen molar-refractivity contribution in [2.45, 2.75) is 38.1 Å². The summed E-state index contributed by atoms with van der Waals surface area (Å²) in [6, 6.07) is 6.08. The highest BCUT2D eigenvalue weighted by Gasteiger charge is 2.20. The monoisotopic (exact) mass is 393 g/mol. The molecule has 2 heterocycles. The summed E-state index contributed by atoms with van der Waals surface area (Å²) in [6.07, 6.45) is 0. The molecular weight excluding hydrogens is 374 g/mol. The number of hydrogen-bond acceptors (Lipinski definition) is 6. The van der Waals surface area contributed by atoms with Crippen molar-refractivity contribution in [3.63, 3.8) is 0 Å². The summed E-state index contributed by atoms with van der Waals surface area (Å²) >= 11 is 1.29. The van der Waals surface area contributed by atoms with Crippen LogP contribution in [0.5, 0.6) is 0 Å². The normalized spacial score (nSPS) is 12.0. The number of nitrogens with one attached hydrogen (secondary N) is 1. The van der Waals surface area contributed by atoms with Gasteiger partial charge in [-0.3, -0.25) is 9.20 Å². The van der Waals surface area contributed by atoms with Gasteiger partial charge in [0, 0.05) is 18.2 Å². The summed E-state index contributed by atoms with van der Waals surface area (Å²) in [7, 11) is -3.72. The van der Waals surface area contributed by atoms with Crippen molar-refractivity contribution >= 4 is 32.2 Å². The first-order valence-electron chi connectivity index (χ1n) is 7.93. The molecule has 0 bridgehead atoms. The number of thiazole rings is 1. The highest BCUT2D eigenvalue weighted by Crippen LogP contribution is 2.25. The molecule has 10 heteroatoms. The van der Waals surface area contributed by atoms with E-state index in [0.29, 0.717) is 9.84 Å². The predicted molar refractivity (Wildman–Crippen MR) is 98.7 cm³/mol. The van der Waals surface area contributed by atoms with E-state index in [4.69, 9.17) is 5.14 Å². The van der Waals surface area contributed by atoms with E-state index >= 15 is 0 Å². The van der Waals surface area contributed by atoms with Gasteiger partial charge in [-0.2, -0.15) is 0 Å². The average Bonchev–Trinajstić information content (AvgIpc) is 3.13. The lowest BCUT2D eigenvalue weighted by molar-refractivity contribution is 0.0954. The molecule has 3 N–H and O–H groups in total. The number of rotatable bonds is 5. The van der Waals surface area contributed by atoms with Gasteiger partial charge >= 0.3 is 0 Å². The van der Waals surface area contributed by atoms with Crippen LogP contribution in [0.4, 0.5) is 0 Å². The SMILES string of the molecule is Cc1c(C(=O)NCc2ccc(S(N)(=O)=O)cc2)sc2nnc(C(C)C)n12. The number of carbonyl (C=O) groups is 1. The molecule has 2 aromatic heterocycles. The molecule has 0 unspecified atom stereocenters. The molecule has 0 aliphatic rings. The molecule has 0 aliphatic carbocycles. The molecule has 0 saturated heterocycles. The second-order valence-corrected chi connectivity index (χ2v) is 8.76. The Hall–Kier alpha value is -2.30. The molecule has 0 spiro atoms. The van der Waals surface area contributed by atoms with Gasteiger partial charge in [0.05, 0.1) is 4.90 Å². The molecule has 0 radical (unpaired) electrons. The topological polar surface area (TPSA) is 119 Å². The molecule has 0 fully saturated rings. The van der Waals surface area contributed by atoms with Gasteiger partial charge in [0.25, 0.3) is 5.91 Å². The van der Waals surface area contributed by atoms with E-state index in [-0.39, 0.29) is 23.3 Å². The van der Waals surface area contributed by atoms with Gasteiger partial charge in [0.1, 0.15) is 10.7 Å². The van der Waals surface area contributed by atoms with Crippen molar-refractivity contribution in [2.75, 3.05) is 0 Å². The van der Waals surface area contributed by atoms with Gasteiger partial charge < -0.3 is 5.32 Å². The minimum atomic E-state index is -3.72. The van der Waals surface area contributed by atoms with E-state index in [0.717, 1.165) is 17.1 Å². The summed E-state index contributed by atoms with van der Waals surface area (Å²) in [5.74, 6) is 0.821. The summed E-state index contributed by atoms with van der Waals surface area (Å²) in [5.41, 5.74) is 1.58. The Morgan fingerprint density at radius 1 is 1.27 bits per heavy atom. The van der Waals surface area contributed by atoms with Crippen LogP contribution in [0, 0.1) is 6.92 Å². The van der Waals surface area contributed by atoms with Crippen molar-refractivity contribution in [3.8, 4) is 0 Å². The lowest BCUT2D eigenvalue weighted by Gasteiger charge is -2.06. The van der Waals surface area contributed by atoms with Crippen molar-refractivity contribution in [1.82, 2.24) is 19.9 Å². The summed E-state index contributed by atoms with van der Waals surface area (Å²) < 4.78 is 24.4. The van der Waals surface area contributed by atoms with Crippen molar-refractivity contribution in [1.29, 1.82) is 0 Å². The molecule has 26 heavy (non-hydrogen) atoms. The molecule has 138 valence electrons. The van der Waals surface area contributed by atoms with Crippen LogP contribution in [0.3, 0.4) is 0 Å². The molecule has 0 saturated carbocycles. The number of benzene rings is 1. The van der Waals surface area contributed by atoms with Crippen LogP contribution in [0.25, 0.3) is 4.96 Å². The zero-order valence-electron chi connectivity index (χ0n) is 14.6. The van der Waals surface area contributed by atoms with Crippen LogP contribution in [0.1, 0.15) is 46.5 Å². The largest absolute Gasteiger partial charge is 0.347 e. The Labute approximate surface area is 155 Å². The second kappa shape index (κ2) is 6.78. The number of aromatic nitrogens is 3. The van der Waals surface area contributed by atoms with Crippen LogP contribution in [-0.2, 0) is 16.6 Å². The van der Waals surface area contributed by atoms with Gasteiger partial charge in [-0.1, -0.05) is 37.3 Å². The van der Waals surface area contributed by atoms with Crippen LogP contribution in [0.15, 0.2) is 29.2 Å². The second-order valence-electron chi connectivity index (χ2n) is 6.22. The average molecular weight is 393 g/mol.